The number of nitrogens with zero attached hydrogens (tertiary/aromatic N) is 2. The molecule has 19 heavy (non-hydrogen) atoms. The van der Waals surface area contributed by atoms with E-state index in [0.717, 1.165) is 9.48 Å². The van der Waals surface area contributed by atoms with Crippen molar-refractivity contribution >= 4 is 38.9 Å². The predicted molar refractivity (Wildman–Crippen MR) is 81.1 cm³/mol. The summed E-state index contributed by atoms with van der Waals surface area (Å²) in [6.07, 6.45) is 0. The molecule has 0 bridgehead atoms. The lowest BCUT2D eigenvalue weighted by molar-refractivity contribution is 0.470. The van der Waals surface area contributed by atoms with Crippen molar-refractivity contribution in [2.45, 2.75) is 26.4 Å². The fraction of sp³-hybridized carbons (Fsp3) is 0.333. The Balaban J connectivity index is 2.03. The molecule has 0 spiro atoms. The van der Waals surface area contributed by atoms with Gasteiger partial charge >= 0.3 is 0 Å². The van der Waals surface area contributed by atoms with Gasteiger partial charge in [-0.05, 0) is 34.1 Å². The maximum atomic E-state index is 5.88. The number of hydrogen-bond acceptors (Lipinski definition) is 5. The number of halogens is 2. The molecule has 2 aromatic rings. The summed E-state index contributed by atoms with van der Waals surface area (Å²) in [5.74, 6) is 0.670. The molecule has 0 amide bonds. The van der Waals surface area contributed by atoms with Gasteiger partial charge in [0, 0.05) is 11.1 Å². The summed E-state index contributed by atoms with van der Waals surface area (Å²) < 4.78 is 6.45. The van der Waals surface area contributed by atoms with Gasteiger partial charge in [-0.1, -0.05) is 41.9 Å². The van der Waals surface area contributed by atoms with Crippen molar-refractivity contribution in [1.82, 2.24) is 15.5 Å². The van der Waals surface area contributed by atoms with E-state index in [2.05, 4.69) is 45.3 Å². The molecule has 102 valence electrons. The molecule has 1 N–H and O–H groups in total. The smallest absolute Gasteiger partial charge is 0.299 e. The minimum atomic E-state index is 0.415. The summed E-state index contributed by atoms with van der Waals surface area (Å²) in [6, 6.07) is 5.75. The molecule has 0 aliphatic heterocycles. The van der Waals surface area contributed by atoms with E-state index in [4.69, 9.17) is 16.3 Å². The monoisotopic (exact) mass is 361 g/mol. The molecule has 1 aromatic carbocycles. The first kappa shape index (κ1) is 14.7. The van der Waals surface area contributed by atoms with Crippen molar-refractivity contribution in [2.75, 3.05) is 0 Å². The average Bonchev–Trinajstić information content (AvgIpc) is 2.78. The van der Waals surface area contributed by atoms with Gasteiger partial charge in [0.2, 0.25) is 0 Å². The molecule has 0 saturated carbocycles. The van der Waals surface area contributed by atoms with Gasteiger partial charge in [0.05, 0.1) is 11.0 Å². The second-order valence-corrected chi connectivity index (χ2v) is 6.49. The molecule has 0 aliphatic rings. The van der Waals surface area contributed by atoms with E-state index in [1.54, 1.807) is 18.2 Å². The van der Waals surface area contributed by atoms with E-state index in [1.807, 2.05) is 0 Å². The number of ether oxygens (including phenoxy) is 1. The topological polar surface area (TPSA) is 47.0 Å². The summed E-state index contributed by atoms with van der Waals surface area (Å²) >= 11 is 10.7. The Bertz CT molecular complexity index is 562. The maximum Gasteiger partial charge on any atom is 0.299 e. The standard InChI is InChI=1S/C12H13BrClN3OS/c1-7(2)15-6-11-16-17-12(19-11)18-10-4-3-8(14)5-9(10)13/h3-5,7,15H,6H2,1-2H3. The minimum absolute atomic E-state index is 0.415. The van der Waals surface area contributed by atoms with Gasteiger partial charge in [0.15, 0.2) is 0 Å². The lowest BCUT2D eigenvalue weighted by atomic mass is 10.3. The molecular formula is C12H13BrClN3OS. The Morgan fingerprint density at radius 1 is 1.42 bits per heavy atom. The van der Waals surface area contributed by atoms with E-state index in [1.165, 1.54) is 11.3 Å². The normalized spacial score (nSPS) is 11.0. The SMILES string of the molecule is CC(C)NCc1nnc(Oc2ccc(Cl)cc2Br)s1. The number of rotatable bonds is 5. The molecule has 0 aliphatic carbocycles. The van der Waals surface area contributed by atoms with Crippen molar-refractivity contribution in [3.63, 3.8) is 0 Å². The predicted octanol–water partition coefficient (Wildman–Crippen LogP) is 4.24. The Labute approximate surface area is 129 Å². The first-order valence-electron chi connectivity index (χ1n) is 5.73. The van der Waals surface area contributed by atoms with E-state index < -0.39 is 0 Å². The van der Waals surface area contributed by atoms with E-state index in [-0.39, 0.29) is 0 Å². The van der Waals surface area contributed by atoms with Crippen LogP contribution in [0.2, 0.25) is 5.02 Å². The van der Waals surface area contributed by atoms with Crippen LogP contribution >= 0.6 is 38.9 Å². The van der Waals surface area contributed by atoms with Crippen LogP contribution in [-0.4, -0.2) is 16.2 Å². The number of nitrogens with one attached hydrogen (secondary N) is 1. The zero-order valence-electron chi connectivity index (χ0n) is 10.5. The first-order chi connectivity index (χ1) is 9.04. The van der Waals surface area contributed by atoms with Crippen molar-refractivity contribution in [2.24, 2.45) is 0 Å². The van der Waals surface area contributed by atoms with Crippen LogP contribution in [0.25, 0.3) is 0 Å². The molecule has 7 heteroatoms. The van der Waals surface area contributed by atoms with E-state index >= 15 is 0 Å². The van der Waals surface area contributed by atoms with Crippen LogP contribution in [0.4, 0.5) is 0 Å². The van der Waals surface area contributed by atoms with Gasteiger partial charge in [-0.3, -0.25) is 0 Å². The third kappa shape index (κ3) is 4.42. The number of hydrogen-bond donors (Lipinski definition) is 1. The second kappa shape index (κ2) is 6.65. The molecule has 0 fully saturated rings. The van der Waals surface area contributed by atoms with Crippen LogP contribution in [0.1, 0.15) is 18.9 Å². The first-order valence-corrected chi connectivity index (χ1v) is 7.72. The summed E-state index contributed by atoms with van der Waals surface area (Å²) in [5.41, 5.74) is 0. The lowest BCUT2D eigenvalue weighted by Crippen LogP contribution is -2.21. The number of aromatic nitrogens is 2. The van der Waals surface area contributed by atoms with Gasteiger partial charge in [-0.25, -0.2) is 0 Å². The summed E-state index contributed by atoms with van der Waals surface area (Å²) in [7, 11) is 0. The third-order valence-electron chi connectivity index (χ3n) is 2.20. The van der Waals surface area contributed by atoms with Gasteiger partial charge in [0.25, 0.3) is 5.19 Å². The fourth-order valence-corrected chi connectivity index (χ4v) is 2.71. The van der Waals surface area contributed by atoms with Gasteiger partial charge < -0.3 is 10.1 Å². The largest absolute Gasteiger partial charge is 0.429 e. The average molecular weight is 363 g/mol. The van der Waals surface area contributed by atoms with Gasteiger partial charge in [-0.15, -0.1) is 5.10 Å². The van der Waals surface area contributed by atoms with Crippen LogP contribution in [0.3, 0.4) is 0 Å². The van der Waals surface area contributed by atoms with Crippen molar-refractivity contribution < 1.29 is 4.74 Å². The third-order valence-corrected chi connectivity index (χ3v) is 3.86. The highest BCUT2D eigenvalue weighted by atomic mass is 79.9. The molecule has 2 rings (SSSR count). The molecular weight excluding hydrogens is 350 g/mol. The molecule has 0 saturated heterocycles. The molecule has 4 nitrogen and oxygen atoms in total. The summed E-state index contributed by atoms with van der Waals surface area (Å²) in [4.78, 5) is 0. The number of benzene rings is 1. The molecule has 1 aromatic heterocycles. The minimum Gasteiger partial charge on any atom is -0.429 e. The highest BCUT2D eigenvalue weighted by Gasteiger charge is 2.09. The quantitative estimate of drug-likeness (QED) is 0.864. The molecule has 1 heterocycles. The Morgan fingerprint density at radius 3 is 2.89 bits per heavy atom. The van der Waals surface area contributed by atoms with Crippen LogP contribution in [0, 0.1) is 0 Å². The molecule has 0 unspecified atom stereocenters. The van der Waals surface area contributed by atoms with Crippen LogP contribution in [-0.2, 0) is 6.54 Å². The molecule has 0 atom stereocenters. The van der Waals surface area contributed by atoms with E-state index in [9.17, 15) is 0 Å². The second-order valence-electron chi connectivity index (χ2n) is 4.17. The maximum absolute atomic E-state index is 5.88. The van der Waals surface area contributed by atoms with Gasteiger partial charge in [-0.2, -0.15) is 0 Å². The van der Waals surface area contributed by atoms with Crippen molar-refractivity contribution in [1.29, 1.82) is 0 Å². The summed E-state index contributed by atoms with van der Waals surface area (Å²) in [5, 5.41) is 13.4. The Hall–Kier alpha value is -0.690. The van der Waals surface area contributed by atoms with Crippen LogP contribution < -0.4 is 10.1 Å². The zero-order chi connectivity index (χ0) is 13.8. The Kier molecular flexibility index (Phi) is 5.15. The highest BCUT2D eigenvalue weighted by Crippen LogP contribution is 2.32. The van der Waals surface area contributed by atoms with Crippen LogP contribution in [0.5, 0.6) is 10.9 Å². The van der Waals surface area contributed by atoms with Crippen LogP contribution in [0.15, 0.2) is 22.7 Å². The Morgan fingerprint density at radius 2 is 2.21 bits per heavy atom. The van der Waals surface area contributed by atoms with Crippen molar-refractivity contribution in [3.05, 3.63) is 32.7 Å². The summed E-state index contributed by atoms with van der Waals surface area (Å²) in [6.45, 7) is 4.87. The lowest BCUT2D eigenvalue weighted by Gasteiger charge is -2.04. The molecule has 0 radical (unpaired) electrons. The fourth-order valence-electron chi connectivity index (χ4n) is 1.29. The van der Waals surface area contributed by atoms with E-state index in [0.29, 0.717) is 28.6 Å². The van der Waals surface area contributed by atoms with Gasteiger partial charge in [0.1, 0.15) is 10.8 Å². The van der Waals surface area contributed by atoms with Crippen molar-refractivity contribution in [3.8, 4) is 10.9 Å². The highest BCUT2D eigenvalue weighted by molar-refractivity contribution is 9.10. The zero-order valence-corrected chi connectivity index (χ0v) is 13.6.